The van der Waals surface area contributed by atoms with Crippen LogP contribution in [0.5, 0.6) is 0 Å². The molecule has 2 aromatic carbocycles. The Hall–Kier alpha value is -2.03. The van der Waals surface area contributed by atoms with Gasteiger partial charge in [0.15, 0.2) is 17.4 Å². The molecule has 0 spiro atoms. The third-order valence-corrected chi connectivity index (χ3v) is 3.36. The van der Waals surface area contributed by atoms with Crippen molar-refractivity contribution < 1.29 is 13.6 Å². The summed E-state index contributed by atoms with van der Waals surface area (Å²) in [7, 11) is 0. The topological polar surface area (TPSA) is 17.1 Å². The van der Waals surface area contributed by atoms with Gasteiger partial charge in [0.2, 0.25) is 0 Å². The zero-order valence-corrected chi connectivity index (χ0v) is 11.7. The summed E-state index contributed by atoms with van der Waals surface area (Å²) < 4.78 is 27.3. The van der Waals surface area contributed by atoms with E-state index in [-0.39, 0.29) is 11.1 Å². The largest absolute Gasteiger partial charge is 0.288 e. The molecule has 0 saturated heterocycles. The first-order valence-corrected chi connectivity index (χ1v) is 6.51. The predicted molar refractivity (Wildman–Crippen MR) is 75.1 cm³/mol. The lowest BCUT2D eigenvalue weighted by atomic mass is 9.97. The Labute approximate surface area is 117 Å². The Bertz CT molecular complexity index is 643. The second-order valence-electron chi connectivity index (χ2n) is 5.16. The van der Waals surface area contributed by atoms with E-state index in [9.17, 15) is 13.6 Å². The van der Waals surface area contributed by atoms with Crippen LogP contribution in [0.2, 0.25) is 0 Å². The number of hydrogen-bond donors (Lipinski definition) is 0. The van der Waals surface area contributed by atoms with Gasteiger partial charge < -0.3 is 0 Å². The number of halogens is 2. The summed E-state index contributed by atoms with van der Waals surface area (Å²) in [5.74, 6) is -2.19. The van der Waals surface area contributed by atoms with Crippen LogP contribution in [-0.4, -0.2) is 5.78 Å². The molecule has 3 heteroatoms. The van der Waals surface area contributed by atoms with Gasteiger partial charge in [-0.05, 0) is 30.0 Å². The van der Waals surface area contributed by atoms with E-state index in [0.717, 1.165) is 5.56 Å². The van der Waals surface area contributed by atoms with Crippen LogP contribution >= 0.6 is 0 Å². The van der Waals surface area contributed by atoms with Crippen LogP contribution in [0.1, 0.15) is 46.8 Å². The van der Waals surface area contributed by atoms with Crippen molar-refractivity contribution in [3.63, 3.8) is 0 Å². The van der Waals surface area contributed by atoms with Gasteiger partial charge in [0.1, 0.15) is 0 Å². The highest BCUT2D eigenvalue weighted by atomic mass is 19.2. The highest BCUT2D eigenvalue weighted by molar-refractivity contribution is 6.09. The second-order valence-corrected chi connectivity index (χ2v) is 5.16. The smallest absolute Gasteiger partial charge is 0.196 e. The van der Waals surface area contributed by atoms with Gasteiger partial charge in [0.25, 0.3) is 0 Å². The fourth-order valence-corrected chi connectivity index (χ4v) is 2.00. The van der Waals surface area contributed by atoms with E-state index in [2.05, 4.69) is 0 Å². The zero-order valence-electron chi connectivity index (χ0n) is 11.7. The Morgan fingerprint density at radius 3 is 2.10 bits per heavy atom. The molecule has 0 atom stereocenters. The van der Waals surface area contributed by atoms with Crippen molar-refractivity contribution in [1.29, 1.82) is 0 Å². The Morgan fingerprint density at radius 1 is 0.950 bits per heavy atom. The first-order valence-electron chi connectivity index (χ1n) is 6.51. The molecule has 0 heterocycles. The van der Waals surface area contributed by atoms with Crippen LogP contribution in [0.15, 0.2) is 36.4 Å². The molecule has 0 bridgehead atoms. The molecule has 20 heavy (non-hydrogen) atoms. The molecule has 0 fully saturated rings. The van der Waals surface area contributed by atoms with E-state index in [0.29, 0.717) is 11.5 Å². The molecule has 0 aliphatic carbocycles. The van der Waals surface area contributed by atoms with Gasteiger partial charge in [-0.15, -0.1) is 0 Å². The third-order valence-electron chi connectivity index (χ3n) is 3.36. The molecule has 0 aliphatic rings. The summed E-state index contributed by atoms with van der Waals surface area (Å²) in [6.45, 7) is 5.56. The molecule has 0 radical (unpaired) electrons. The fourth-order valence-electron chi connectivity index (χ4n) is 2.00. The average Bonchev–Trinajstić information content (AvgIpc) is 2.44. The summed E-state index contributed by atoms with van der Waals surface area (Å²) in [6, 6.07) is 9.70. The molecular weight excluding hydrogens is 258 g/mol. The van der Waals surface area contributed by atoms with Crippen molar-refractivity contribution in [2.24, 2.45) is 0 Å². The maximum Gasteiger partial charge on any atom is 0.196 e. The minimum Gasteiger partial charge on any atom is -0.288 e. The van der Waals surface area contributed by atoms with Gasteiger partial charge in [-0.1, -0.05) is 44.2 Å². The fraction of sp³-hybridized carbons (Fsp3) is 0.235. The Balaban J connectivity index is 2.39. The SMILES string of the molecule is Cc1ccc(C(=O)c2ccc(C(C)C)cc2)c(F)c1F. The van der Waals surface area contributed by atoms with E-state index in [1.54, 1.807) is 12.1 Å². The molecule has 0 aliphatic heterocycles. The van der Waals surface area contributed by atoms with Crippen molar-refractivity contribution >= 4 is 5.78 Å². The van der Waals surface area contributed by atoms with Crippen molar-refractivity contribution in [3.05, 3.63) is 70.3 Å². The molecule has 0 N–H and O–H groups in total. The van der Waals surface area contributed by atoms with Crippen LogP contribution in [0.3, 0.4) is 0 Å². The third kappa shape index (κ3) is 2.62. The van der Waals surface area contributed by atoms with E-state index >= 15 is 0 Å². The lowest BCUT2D eigenvalue weighted by Crippen LogP contribution is -2.07. The number of carbonyl (C=O) groups is 1. The summed E-state index contributed by atoms with van der Waals surface area (Å²) in [5, 5.41) is 0. The second kappa shape index (κ2) is 5.53. The molecular formula is C17H16F2O. The monoisotopic (exact) mass is 274 g/mol. The average molecular weight is 274 g/mol. The summed E-state index contributed by atoms with van der Waals surface area (Å²) in [4.78, 5) is 12.2. The van der Waals surface area contributed by atoms with Crippen molar-refractivity contribution in [1.82, 2.24) is 0 Å². The molecule has 0 amide bonds. The number of aryl methyl sites for hydroxylation is 1. The van der Waals surface area contributed by atoms with E-state index in [1.165, 1.54) is 19.1 Å². The maximum atomic E-state index is 13.8. The zero-order chi connectivity index (χ0) is 14.9. The van der Waals surface area contributed by atoms with E-state index < -0.39 is 17.4 Å². The minimum absolute atomic E-state index is 0.189. The quantitative estimate of drug-likeness (QED) is 0.746. The number of benzene rings is 2. The predicted octanol–water partition coefficient (Wildman–Crippen LogP) is 4.63. The van der Waals surface area contributed by atoms with Gasteiger partial charge in [0, 0.05) is 5.56 Å². The van der Waals surface area contributed by atoms with Crippen molar-refractivity contribution in [2.45, 2.75) is 26.7 Å². The van der Waals surface area contributed by atoms with Crippen LogP contribution in [-0.2, 0) is 0 Å². The van der Waals surface area contributed by atoms with Gasteiger partial charge in [0.05, 0.1) is 5.56 Å². The minimum atomic E-state index is -1.08. The number of hydrogen-bond acceptors (Lipinski definition) is 1. The van der Waals surface area contributed by atoms with Crippen LogP contribution in [0.25, 0.3) is 0 Å². The van der Waals surface area contributed by atoms with Crippen LogP contribution in [0.4, 0.5) is 8.78 Å². The van der Waals surface area contributed by atoms with Crippen molar-refractivity contribution in [2.75, 3.05) is 0 Å². The van der Waals surface area contributed by atoms with Gasteiger partial charge in [-0.25, -0.2) is 8.78 Å². The number of ketones is 1. The number of carbonyl (C=O) groups excluding carboxylic acids is 1. The summed E-state index contributed by atoms with van der Waals surface area (Å²) in [5.41, 5.74) is 1.41. The molecule has 104 valence electrons. The Morgan fingerprint density at radius 2 is 1.55 bits per heavy atom. The molecule has 2 aromatic rings. The molecule has 2 rings (SSSR count). The standard InChI is InChI=1S/C17H16F2O/c1-10(2)12-5-7-13(8-6-12)17(20)14-9-4-11(3)15(18)16(14)19/h4-10H,1-3H3. The first kappa shape index (κ1) is 14.4. The van der Waals surface area contributed by atoms with Gasteiger partial charge in [-0.3, -0.25) is 4.79 Å². The normalized spacial score (nSPS) is 10.9. The summed E-state index contributed by atoms with van der Waals surface area (Å²) >= 11 is 0. The highest BCUT2D eigenvalue weighted by Gasteiger charge is 2.18. The first-order chi connectivity index (χ1) is 9.41. The molecule has 0 saturated carbocycles. The van der Waals surface area contributed by atoms with E-state index in [1.807, 2.05) is 26.0 Å². The highest BCUT2D eigenvalue weighted by Crippen LogP contribution is 2.20. The molecule has 0 unspecified atom stereocenters. The lowest BCUT2D eigenvalue weighted by molar-refractivity contribution is 0.103. The van der Waals surface area contributed by atoms with Crippen molar-refractivity contribution in [3.8, 4) is 0 Å². The lowest BCUT2D eigenvalue weighted by Gasteiger charge is -2.08. The Kier molecular flexibility index (Phi) is 3.98. The number of rotatable bonds is 3. The molecule has 1 nitrogen and oxygen atoms in total. The molecule has 0 aromatic heterocycles. The van der Waals surface area contributed by atoms with Gasteiger partial charge >= 0.3 is 0 Å². The van der Waals surface area contributed by atoms with Crippen LogP contribution in [0, 0.1) is 18.6 Å². The van der Waals surface area contributed by atoms with Crippen LogP contribution < -0.4 is 0 Å². The maximum absolute atomic E-state index is 13.8. The van der Waals surface area contributed by atoms with E-state index in [4.69, 9.17) is 0 Å². The summed E-state index contributed by atoms with van der Waals surface area (Å²) in [6.07, 6.45) is 0. The van der Waals surface area contributed by atoms with Gasteiger partial charge in [-0.2, -0.15) is 0 Å².